The van der Waals surface area contributed by atoms with Crippen molar-refractivity contribution in [3.8, 4) is 0 Å². The number of nitrogens with zero attached hydrogens (tertiary/aromatic N) is 3. The van der Waals surface area contributed by atoms with E-state index >= 15 is 0 Å². The molecule has 0 atom stereocenters. The number of urea groups is 1. The summed E-state index contributed by atoms with van der Waals surface area (Å²) in [6.07, 6.45) is 5.60. The fraction of sp³-hybridized carbons (Fsp3) is 0.778. The molecule has 1 aliphatic carbocycles. The first kappa shape index (κ1) is 17.3. The Labute approximate surface area is 144 Å². The first-order valence-corrected chi connectivity index (χ1v) is 9.22. The van der Waals surface area contributed by atoms with E-state index in [9.17, 15) is 4.79 Å². The highest BCUT2D eigenvalue weighted by Crippen LogP contribution is 2.35. The Morgan fingerprint density at radius 1 is 1.42 bits per heavy atom. The van der Waals surface area contributed by atoms with Gasteiger partial charge in [0.25, 0.3) is 0 Å². The molecule has 1 aromatic rings. The van der Waals surface area contributed by atoms with Gasteiger partial charge in [0, 0.05) is 19.2 Å². The Hall–Kier alpha value is -1.56. The first-order chi connectivity index (χ1) is 11.5. The molecule has 1 aliphatic heterocycles. The second-order valence-electron chi connectivity index (χ2n) is 7.67. The average Bonchev–Trinajstić information content (AvgIpc) is 3.12. The predicted octanol–water partition coefficient (Wildman–Crippen LogP) is 3.41. The number of carbonyl (C=O) groups excluding carboxylic acids is 1. The topological polar surface area (TPSA) is 59.4 Å². The van der Waals surface area contributed by atoms with E-state index in [4.69, 9.17) is 4.74 Å². The van der Waals surface area contributed by atoms with Gasteiger partial charge in [-0.05, 0) is 32.1 Å². The van der Waals surface area contributed by atoms with Gasteiger partial charge < -0.3 is 9.64 Å². The SMILES string of the molecule is Cc1cc(NC(=O)N2CCOC3(CCCC3)C2)n(CCC(C)C)n1. The van der Waals surface area contributed by atoms with Gasteiger partial charge in [0.15, 0.2) is 0 Å². The van der Waals surface area contributed by atoms with Crippen LogP contribution in [0.3, 0.4) is 0 Å². The van der Waals surface area contributed by atoms with E-state index in [1.165, 1.54) is 12.8 Å². The third-order valence-electron chi connectivity index (χ3n) is 5.11. The molecule has 2 heterocycles. The number of rotatable bonds is 4. The van der Waals surface area contributed by atoms with Crippen molar-refractivity contribution >= 4 is 11.8 Å². The van der Waals surface area contributed by atoms with Crippen LogP contribution in [0, 0.1) is 12.8 Å². The van der Waals surface area contributed by atoms with E-state index in [1.807, 2.05) is 22.6 Å². The second-order valence-corrected chi connectivity index (χ2v) is 7.67. The maximum atomic E-state index is 12.7. The quantitative estimate of drug-likeness (QED) is 0.918. The van der Waals surface area contributed by atoms with Crippen molar-refractivity contribution in [2.45, 2.75) is 65.0 Å². The van der Waals surface area contributed by atoms with Gasteiger partial charge in [-0.2, -0.15) is 5.10 Å². The molecule has 2 aliphatic rings. The number of amides is 2. The van der Waals surface area contributed by atoms with Gasteiger partial charge in [-0.25, -0.2) is 9.48 Å². The molecule has 24 heavy (non-hydrogen) atoms. The summed E-state index contributed by atoms with van der Waals surface area (Å²) in [5.41, 5.74) is 0.840. The number of carbonyl (C=O) groups is 1. The molecule has 6 nitrogen and oxygen atoms in total. The molecule has 6 heteroatoms. The second kappa shape index (κ2) is 7.13. The van der Waals surface area contributed by atoms with Crippen LogP contribution in [0.15, 0.2) is 6.07 Å². The normalized spacial score (nSPS) is 20.1. The van der Waals surface area contributed by atoms with Crippen LogP contribution in [-0.4, -0.2) is 46.0 Å². The lowest BCUT2D eigenvalue weighted by molar-refractivity contribution is -0.0914. The zero-order valence-corrected chi connectivity index (χ0v) is 15.2. The summed E-state index contributed by atoms with van der Waals surface area (Å²) in [5.74, 6) is 1.41. The number of aryl methyl sites for hydroxylation is 2. The Balaban J connectivity index is 1.64. The molecular weight excluding hydrogens is 304 g/mol. The molecule has 0 unspecified atom stereocenters. The number of ether oxygens (including phenoxy) is 1. The Kier molecular flexibility index (Phi) is 5.13. The number of aromatic nitrogens is 2. The van der Waals surface area contributed by atoms with Crippen LogP contribution in [-0.2, 0) is 11.3 Å². The van der Waals surface area contributed by atoms with E-state index in [0.29, 0.717) is 25.6 Å². The molecule has 1 aromatic heterocycles. The van der Waals surface area contributed by atoms with Crippen molar-refractivity contribution in [1.82, 2.24) is 14.7 Å². The highest BCUT2D eigenvalue weighted by atomic mass is 16.5. The maximum Gasteiger partial charge on any atom is 0.323 e. The Bertz CT molecular complexity index is 576. The van der Waals surface area contributed by atoms with Crippen LogP contribution in [0.4, 0.5) is 10.6 Å². The van der Waals surface area contributed by atoms with Crippen molar-refractivity contribution in [2.24, 2.45) is 5.92 Å². The van der Waals surface area contributed by atoms with E-state index in [1.54, 1.807) is 0 Å². The third-order valence-corrected chi connectivity index (χ3v) is 5.11. The predicted molar refractivity (Wildman–Crippen MR) is 94.2 cm³/mol. The molecule has 0 radical (unpaired) electrons. The number of morpholine rings is 1. The van der Waals surface area contributed by atoms with Gasteiger partial charge in [0.2, 0.25) is 0 Å². The zero-order valence-electron chi connectivity index (χ0n) is 15.2. The van der Waals surface area contributed by atoms with E-state index in [0.717, 1.165) is 37.3 Å². The molecule has 2 fully saturated rings. The minimum absolute atomic E-state index is 0.0322. The molecule has 0 bridgehead atoms. The Morgan fingerprint density at radius 2 is 2.17 bits per heavy atom. The fourth-order valence-corrected chi connectivity index (χ4v) is 3.73. The van der Waals surface area contributed by atoms with Crippen LogP contribution in [0.5, 0.6) is 0 Å². The number of anilines is 1. The zero-order chi connectivity index (χ0) is 17.2. The van der Waals surface area contributed by atoms with E-state index in [2.05, 4.69) is 24.3 Å². The summed E-state index contributed by atoms with van der Waals surface area (Å²) in [6, 6.07) is 1.92. The van der Waals surface area contributed by atoms with Crippen molar-refractivity contribution < 1.29 is 9.53 Å². The minimum atomic E-state index is -0.0939. The Morgan fingerprint density at radius 3 is 2.88 bits per heavy atom. The number of hydrogen-bond donors (Lipinski definition) is 1. The molecule has 0 aromatic carbocycles. The van der Waals surface area contributed by atoms with Crippen LogP contribution >= 0.6 is 0 Å². The van der Waals surface area contributed by atoms with Gasteiger partial charge >= 0.3 is 6.03 Å². The lowest BCUT2D eigenvalue weighted by Gasteiger charge is -2.40. The summed E-state index contributed by atoms with van der Waals surface area (Å²) >= 11 is 0. The summed E-state index contributed by atoms with van der Waals surface area (Å²) in [7, 11) is 0. The lowest BCUT2D eigenvalue weighted by Crippen LogP contribution is -2.53. The molecule has 3 rings (SSSR count). The van der Waals surface area contributed by atoms with Gasteiger partial charge in [0.1, 0.15) is 5.82 Å². The monoisotopic (exact) mass is 334 g/mol. The average molecular weight is 334 g/mol. The van der Waals surface area contributed by atoms with Crippen molar-refractivity contribution in [3.05, 3.63) is 11.8 Å². The molecule has 2 amide bonds. The number of nitrogens with one attached hydrogen (secondary N) is 1. The summed E-state index contributed by atoms with van der Waals surface area (Å²) in [6.45, 7) is 9.19. The maximum absolute atomic E-state index is 12.7. The van der Waals surface area contributed by atoms with Crippen LogP contribution < -0.4 is 5.32 Å². The minimum Gasteiger partial charge on any atom is -0.371 e. The molecule has 1 spiro atoms. The highest BCUT2D eigenvalue weighted by molar-refractivity contribution is 5.88. The molecule has 1 saturated heterocycles. The van der Waals surface area contributed by atoms with Gasteiger partial charge in [-0.15, -0.1) is 0 Å². The van der Waals surface area contributed by atoms with Gasteiger partial charge in [-0.3, -0.25) is 5.32 Å². The van der Waals surface area contributed by atoms with Crippen molar-refractivity contribution in [2.75, 3.05) is 25.0 Å². The number of hydrogen-bond acceptors (Lipinski definition) is 3. The molecule has 134 valence electrons. The summed E-state index contributed by atoms with van der Waals surface area (Å²) in [4.78, 5) is 14.6. The summed E-state index contributed by atoms with van der Waals surface area (Å²) in [5, 5.41) is 7.57. The highest BCUT2D eigenvalue weighted by Gasteiger charge is 2.40. The van der Waals surface area contributed by atoms with Gasteiger partial charge in [-0.1, -0.05) is 26.7 Å². The van der Waals surface area contributed by atoms with Crippen LogP contribution in [0.2, 0.25) is 0 Å². The molecule has 1 saturated carbocycles. The largest absolute Gasteiger partial charge is 0.371 e. The van der Waals surface area contributed by atoms with E-state index < -0.39 is 0 Å². The summed E-state index contributed by atoms with van der Waals surface area (Å²) < 4.78 is 7.93. The fourth-order valence-electron chi connectivity index (χ4n) is 3.73. The van der Waals surface area contributed by atoms with Crippen LogP contribution in [0.1, 0.15) is 51.6 Å². The smallest absolute Gasteiger partial charge is 0.323 e. The van der Waals surface area contributed by atoms with Crippen molar-refractivity contribution in [1.29, 1.82) is 0 Å². The standard InChI is InChI=1S/C18H30N4O2/c1-14(2)6-9-22-16(12-15(3)20-22)19-17(23)21-10-11-24-18(13-21)7-4-5-8-18/h12,14H,4-11,13H2,1-3H3,(H,19,23). The molecular formula is C18H30N4O2. The van der Waals surface area contributed by atoms with Gasteiger partial charge in [0.05, 0.1) is 24.4 Å². The van der Waals surface area contributed by atoms with Crippen LogP contribution in [0.25, 0.3) is 0 Å². The van der Waals surface area contributed by atoms with Crippen molar-refractivity contribution in [3.63, 3.8) is 0 Å². The van der Waals surface area contributed by atoms with E-state index in [-0.39, 0.29) is 11.6 Å². The lowest BCUT2D eigenvalue weighted by atomic mass is 10.00. The first-order valence-electron chi connectivity index (χ1n) is 9.22. The molecule has 1 N–H and O–H groups in total. The third kappa shape index (κ3) is 3.91.